The van der Waals surface area contributed by atoms with Crippen LogP contribution in [-0.4, -0.2) is 30.2 Å². The van der Waals surface area contributed by atoms with Crippen molar-refractivity contribution in [2.75, 3.05) is 0 Å². The van der Waals surface area contributed by atoms with Crippen molar-refractivity contribution < 1.29 is 0 Å². The smallest absolute Gasteiger partial charge is 0.188 e. The molecule has 0 aliphatic heterocycles. The lowest BCUT2D eigenvalue weighted by Gasteiger charge is -2.03. The highest BCUT2D eigenvalue weighted by Gasteiger charge is 2.11. The van der Waals surface area contributed by atoms with Crippen LogP contribution in [0.1, 0.15) is 5.56 Å². The van der Waals surface area contributed by atoms with Crippen LogP contribution >= 0.6 is 0 Å². The SMILES string of the molecule is Cc1ccc(-c2nnnn2-c2cnccn2)cc1. The average molecular weight is 238 g/mol. The summed E-state index contributed by atoms with van der Waals surface area (Å²) < 4.78 is 1.57. The molecule has 18 heavy (non-hydrogen) atoms. The van der Waals surface area contributed by atoms with Gasteiger partial charge in [0.1, 0.15) is 0 Å². The van der Waals surface area contributed by atoms with Crippen molar-refractivity contribution in [1.29, 1.82) is 0 Å². The van der Waals surface area contributed by atoms with Crippen LogP contribution in [0.15, 0.2) is 42.9 Å². The van der Waals surface area contributed by atoms with E-state index in [1.165, 1.54) is 5.56 Å². The topological polar surface area (TPSA) is 69.4 Å². The Labute approximate surface area is 103 Å². The van der Waals surface area contributed by atoms with Gasteiger partial charge in [0.15, 0.2) is 11.6 Å². The molecule has 0 aliphatic rings. The second-order valence-electron chi connectivity index (χ2n) is 3.84. The number of hydrogen-bond donors (Lipinski definition) is 0. The maximum absolute atomic E-state index is 4.18. The minimum atomic E-state index is 0.595. The Morgan fingerprint density at radius 2 is 1.89 bits per heavy atom. The van der Waals surface area contributed by atoms with Gasteiger partial charge in [-0.2, -0.15) is 4.68 Å². The van der Waals surface area contributed by atoms with Crippen LogP contribution < -0.4 is 0 Å². The summed E-state index contributed by atoms with van der Waals surface area (Å²) in [4.78, 5) is 8.19. The summed E-state index contributed by atoms with van der Waals surface area (Å²) in [6, 6.07) is 8.00. The highest BCUT2D eigenvalue weighted by molar-refractivity contribution is 5.56. The predicted molar refractivity (Wildman–Crippen MR) is 64.9 cm³/mol. The molecule has 0 spiro atoms. The van der Waals surface area contributed by atoms with Crippen LogP contribution in [0.3, 0.4) is 0 Å². The molecule has 0 N–H and O–H groups in total. The van der Waals surface area contributed by atoms with Crippen LogP contribution in [0.4, 0.5) is 0 Å². The number of benzene rings is 1. The Kier molecular flexibility index (Phi) is 2.53. The number of nitrogens with zero attached hydrogens (tertiary/aromatic N) is 6. The average Bonchev–Trinajstić information content (AvgIpc) is 2.90. The highest BCUT2D eigenvalue weighted by atomic mass is 15.6. The number of rotatable bonds is 2. The van der Waals surface area contributed by atoms with Crippen molar-refractivity contribution in [2.24, 2.45) is 0 Å². The summed E-state index contributed by atoms with van der Waals surface area (Å²) in [7, 11) is 0. The van der Waals surface area contributed by atoms with Crippen molar-refractivity contribution in [3.05, 3.63) is 48.4 Å². The van der Waals surface area contributed by atoms with Gasteiger partial charge >= 0.3 is 0 Å². The maximum Gasteiger partial charge on any atom is 0.188 e. The van der Waals surface area contributed by atoms with Crippen LogP contribution in [-0.2, 0) is 0 Å². The zero-order valence-electron chi connectivity index (χ0n) is 9.72. The van der Waals surface area contributed by atoms with E-state index in [1.54, 1.807) is 23.3 Å². The summed E-state index contributed by atoms with van der Waals surface area (Å²) in [6.45, 7) is 2.04. The quantitative estimate of drug-likeness (QED) is 0.675. The summed E-state index contributed by atoms with van der Waals surface area (Å²) >= 11 is 0. The Bertz CT molecular complexity index is 644. The van der Waals surface area contributed by atoms with Gasteiger partial charge < -0.3 is 0 Å². The van der Waals surface area contributed by atoms with Gasteiger partial charge in [0.2, 0.25) is 0 Å². The van der Waals surface area contributed by atoms with Gasteiger partial charge in [0.25, 0.3) is 0 Å². The lowest BCUT2D eigenvalue weighted by molar-refractivity contribution is 0.769. The Morgan fingerprint density at radius 3 is 2.61 bits per heavy atom. The molecule has 0 amide bonds. The van der Waals surface area contributed by atoms with Crippen molar-refractivity contribution in [2.45, 2.75) is 6.92 Å². The first-order valence-corrected chi connectivity index (χ1v) is 5.46. The minimum Gasteiger partial charge on any atom is -0.259 e. The molecule has 0 aliphatic carbocycles. The standard InChI is InChI=1S/C12H10N6/c1-9-2-4-10(5-3-9)12-15-16-17-18(12)11-8-13-6-7-14-11/h2-8H,1H3. The van der Waals surface area contributed by atoms with E-state index in [2.05, 4.69) is 25.5 Å². The molecule has 0 fully saturated rings. The third kappa shape index (κ3) is 1.84. The monoisotopic (exact) mass is 238 g/mol. The van der Waals surface area contributed by atoms with E-state index < -0.39 is 0 Å². The second kappa shape index (κ2) is 4.33. The molecule has 3 aromatic rings. The third-order valence-corrected chi connectivity index (χ3v) is 2.55. The van der Waals surface area contributed by atoms with Gasteiger partial charge in [-0.3, -0.25) is 4.98 Å². The van der Waals surface area contributed by atoms with Gasteiger partial charge in [0, 0.05) is 18.0 Å². The van der Waals surface area contributed by atoms with E-state index >= 15 is 0 Å². The first-order chi connectivity index (χ1) is 8.84. The molecule has 2 heterocycles. The lowest BCUT2D eigenvalue weighted by Crippen LogP contribution is -2.02. The molecule has 88 valence electrons. The van der Waals surface area contributed by atoms with Crippen LogP contribution in [0.2, 0.25) is 0 Å². The molecule has 0 saturated carbocycles. The fourth-order valence-electron chi connectivity index (χ4n) is 1.62. The predicted octanol–water partition coefficient (Wildman–Crippen LogP) is 1.43. The first-order valence-electron chi connectivity index (χ1n) is 5.46. The zero-order chi connectivity index (χ0) is 12.4. The molecular formula is C12H10N6. The molecule has 3 rings (SSSR count). The Morgan fingerprint density at radius 1 is 1.06 bits per heavy atom. The van der Waals surface area contributed by atoms with E-state index in [4.69, 9.17) is 0 Å². The van der Waals surface area contributed by atoms with Crippen LogP contribution in [0.25, 0.3) is 17.2 Å². The summed E-state index contributed by atoms with van der Waals surface area (Å²) in [5.74, 6) is 1.24. The molecule has 6 nitrogen and oxygen atoms in total. The van der Waals surface area contributed by atoms with E-state index in [0.717, 1.165) is 5.56 Å². The number of aryl methyl sites for hydroxylation is 1. The molecule has 0 saturated heterocycles. The third-order valence-electron chi connectivity index (χ3n) is 2.55. The van der Waals surface area contributed by atoms with E-state index in [1.807, 2.05) is 31.2 Å². The molecule has 1 aromatic carbocycles. The molecule has 2 aromatic heterocycles. The minimum absolute atomic E-state index is 0.595. The first kappa shape index (κ1) is 10.5. The Balaban J connectivity index is 2.10. The van der Waals surface area contributed by atoms with Gasteiger partial charge in [0.05, 0.1) is 6.20 Å². The lowest BCUT2D eigenvalue weighted by atomic mass is 10.1. The Hall–Kier alpha value is -2.63. The van der Waals surface area contributed by atoms with Crippen molar-refractivity contribution in [3.63, 3.8) is 0 Å². The zero-order valence-corrected chi connectivity index (χ0v) is 9.72. The fourth-order valence-corrected chi connectivity index (χ4v) is 1.62. The van der Waals surface area contributed by atoms with Gasteiger partial charge in [-0.25, -0.2) is 4.98 Å². The molecule has 0 radical (unpaired) electrons. The highest BCUT2D eigenvalue weighted by Crippen LogP contribution is 2.18. The fraction of sp³-hybridized carbons (Fsp3) is 0.0833. The van der Waals surface area contributed by atoms with Gasteiger partial charge in [-0.1, -0.05) is 29.8 Å². The second-order valence-corrected chi connectivity index (χ2v) is 3.84. The van der Waals surface area contributed by atoms with E-state index in [-0.39, 0.29) is 0 Å². The molecule has 0 bridgehead atoms. The molecule has 0 atom stereocenters. The van der Waals surface area contributed by atoms with E-state index in [0.29, 0.717) is 11.6 Å². The van der Waals surface area contributed by atoms with Gasteiger partial charge in [-0.05, 0) is 17.4 Å². The number of aromatic nitrogens is 6. The summed E-state index contributed by atoms with van der Waals surface area (Å²) in [5.41, 5.74) is 2.13. The van der Waals surface area contributed by atoms with Crippen LogP contribution in [0, 0.1) is 6.92 Å². The number of hydrogen-bond acceptors (Lipinski definition) is 5. The van der Waals surface area contributed by atoms with Crippen molar-refractivity contribution >= 4 is 0 Å². The summed E-state index contributed by atoms with van der Waals surface area (Å²) in [6.07, 6.45) is 4.84. The normalized spacial score (nSPS) is 10.5. The van der Waals surface area contributed by atoms with E-state index in [9.17, 15) is 0 Å². The van der Waals surface area contributed by atoms with Crippen LogP contribution in [0.5, 0.6) is 0 Å². The molecule has 0 unspecified atom stereocenters. The molecule has 6 heteroatoms. The maximum atomic E-state index is 4.18. The number of tetrazole rings is 1. The summed E-state index contributed by atoms with van der Waals surface area (Å²) in [5, 5.41) is 11.7. The van der Waals surface area contributed by atoms with Crippen molar-refractivity contribution in [3.8, 4) is 17.2 Å². The van der Waals surface area contributed by atoms with Gasteiger partial charge in [-0.15, -0.1) is 5.10 Å². The van der Waals surface area contributed by atoms with Crippen molar-refractivity contribution in [1.82, 2.24) is 30.2 Å². The molecular weight excluding hydrogens is 228 g/mol. The largest absolute Gasteiger partial charge is 0.259 e.